The van der Waals surface area contributed by atoms with Gasteiger partial charge < -0.3 is 10.0 Å². The molecule has 1 saturated carbocycles. The lowest BCUT2D eigenvalue weighted by atomic mass is 9.64. The van der Waals surface area contributed by atoms with Gasteiger partial charge in [0.2, 0.25) is 0 Å². The molecule has 1 saturated heterocycles. The summed E-state index contributed by atoms with van der Waals surface area (Å²) in [4.78, 5) is 22.7. The first-order valence-corrected chi connectivity index (χ1v) is 5.38. The van der Waals surface area contributed by atoms with Gasteiger partial charge >= 0.3 is 18.1 Å². The summed E-state index contributed by atoms with van der Waals surface area (Å²) in [6.07, 6.45) is -2.65. The SMILES string of the molecule is O=C(O)C1N(C(=O)C(F)(F)F)CCC12CCC2. The van der Waals surface area contributed by atoms with Crippen molar-refractivity contribution in [2.24, 2.45) is 5.41 Å². The summed E-state index contributed by atoms with van der Waals surface area (Å²) >= 11 is 0. The molecule has 1 heterocycles. The van der Waals surface area contributed by atoms with Crippen LogP contribution in [0.1, 0.15) is 25.7 Å². The van der Waals surface area contributed by atoms with Crippen molar-refractivity contribution in [2.45, 2.75) is 37.9 Å². The minimum Gasteiger partial charge on any atom is -0.480 e. The molecule has 0 bridgehead atoms. The lowest BCUT2D eigenvalue weighted by Gasteiger charge is -2.42. The number of nitrogens with zero attached hydrogens (tertiary/aromatic N) is 1. The number of carboxylic acids is 1. The molecule has 1 N–H and O–H groups in total. The van der Waals surface area contributed by atoms with Crippen molar-refractivity contribution in [1.82, 2.24) is 4.90 Å². The number of rotatable bonds is 1. The van der Waals surface area contributed by atoms with E-state index in [1.165, 1.54) is 0 Å². The molecular formula is C10H12F3NO3. The normalized spacial score (nSPS) is 27.0. The van der Waals surface area contributed by atoms with Crippen LogP contribution in [0.5, 0.6) is 0 Å². The van der Waals surface area contributed by atoms with E-state index in [1.807, 2.05) is 0 Å². The summed E-state index contributed by atoms with van der Waals surface area (Å²) in [5, 5.41) is 9.04. The van der Waals surface area contributed by atoms with Crippen LogP contribution in [-0.4, -0.2) is 40.6 Å². The van der Waals surface area contributed by atoms with Crippen molar-refractivity contribution in [2.75, 3.05) is 6.54 Å². The van der Waals surface area contributed by atoms with Crippen LogP contribution in [0.2, 0.25) is 0 Å². The van der Waals surface area contributed by atoms with Crippen LogP contribution < -0.4 is 0 Å². The Hall–Kier alpha value is -1.27. The molecule has 2 rings (SSSR count). The summed E-state index contributed by atoms with van der Waals surface area (Å²) in [7, 11) is 0. The molecule has 1 amide bonds. The summed E-state index contributed by atoms with van der Waals surface area (Å²) in [6.45, 7) is -0.116. The van der Waals surface area contributed by atoms with Crippen LogP contribution in [0.4, 0.5) is 13.2 Å². The molecule has 1 atom stereocenters. The van der Waals surface area contributed by atoms with E-state index >= 15 is 0 Å². The van der Waals surface area contributed by atoms with Gasteiger partial charge in [0.25, 0.3) is 0 Å². The maximum atomic E-state index is 12.3. The van der Waals surface area contributed by atoms with Crippen LogP contribution in [0, 0.1) is 5.41 Å². The number of halogens is 3. The number of alkyl halides is 3. The minimum atomic E-state index is -5.00. The van der Waals surface area contributed by atoms with Crippen molar-refractivity contribution < 1.29 is 27.9 Å². The predicted molar refractivity (Wildman–Crippen MR) is 50.1 cm³/mol. The van der Waals surface area contributed by atoms with E-state index in [1.54, 1.807) is 0 Å². The molecule has 96 valence electrons. The fourth-order valence-corrected chi connectivity index (χ4v) is 2.87. The standard InChI is InChI=1S/C10H12F3NO3/c11-10(12,13)8(17)14-5-4-9(2-1-3-9)6(14)7(15)16/h6H,1-5H2,(H,15,16). The first kappa shape index (κ1) is 12.2. The number of hydrogen-bond acceptors (Lipinski definition) is 2. The van der Waals surface area contributed by atoms with Gasteiger partial charge in [-0.15, -0.1) is 0 Å². The molecule has 1 spiro atoms. The Morgan fingerprint density at radius 3 is 2.18 bits per heavy atom. The van der Waals surface area contributed by atoms with Gasteiger partial charge in [-0.25, -0.2) is 4.79 Å². The van der Waals surface area contributed by atoms with Crippen molar-refractivity contribution in [3.63, 3.8) is 0 Å². The maximum absolute atomic E-state index is 12.3. The van der Waals surface area contributed by atoms with E-state index in [-0.39, 0.29) is 6.54 Å². The monoisotopic (exact) mass is 251 g/mol. The molecule has 4 nitrogen and oxygen atoms in total. The van der Waals surface area contributed by atoms with Gasteiger partial charge in [-0.2, -0.15) is 13.2 Å². The Kier molecular flexibility index (Phi) is 2.59. The fourth-order valence-electron chi connectivity index (χ4n) is 2.87. The number of carbonyl (C=O) groups is 2. The number of amides is 1. The Morgan fingerprint density at radius 1 is 1.24 bits per heavy atom. The third-order valence-corrected chi connectivity index (χ3v) is 3.83. The lowest BCUT2D eigenvalue weighted by molar-refractivity contribution is -0.190. The highest BCUT2D eigenvalue weighted by molar-refractivity contribution is 5.88. The van der Waals surface area contributed by atoms with E-state index in [0.29, 0.717) is 24.2 Å². The summed E-state index contributed by atoms with van der Waals surface area (Å²) in [5.74, 6) is -3.37. The number of carboxylic acid groups (broad SMARTS) is 1. The van der Waals surface area contributed by atoms with Crippen molar-refractivity contribution in [3.8, 4) is 0 Å². The molecule has 7 heteroatoms. The Morgan fingerprint density at radius 2 is 1.82 bits per heavy atom. The molecule has 2 fully saturated rings. The second-order valence-electron chi connectivity index (χ2n) is 4.70. The van der Waals surface area contributed by atoms with Crippen molar-refractivity contribution >= 4 is 11.9 Å². The van der Waals surface area contributed by atoms with Gasteiger partial charge in [0.1, 0.15) is 6.04 Å². The van der Waals surface area contributed by atoms with E-state index in [0.717, 1.165) is 6.42 Å². The minimum absolute atomic E-state index is 0.116. The number of aliphatic carboxylic acids is 1. The number of carbonyl (C=O) groups excluding carboxylic acids is 1. The average Bonchev–Trinajstić information content (AvgIpc) is 2.53. The molecule has 0 radical (unpaired) electrons. The molecule has 0 aromatic rings. The lowest BCUT2D eigenvalue weighted by Crippen LogP contribution is -2.53. The third kappa shape index (κ3) is 1.77. The number of hydrogen-bond donors (Lipinski definition) is 1. The van der Waals surface area contributed by atoms with Crippen LogP contribution in [0.25, 0.3) is 0 Å². The van der Waals surface area contributed by atoms with Gasteiger partial charge in [-0.3, -0.25) is 4.79 Å². The van der Waals surface area contributed by atoms with E-state index in [4.69, 9.17) is 5.11 Å². The summed E-state index contributed by atoms with van der Waals surface area (Å²) < 4.78 is 37.0. The second-order valence-corrected chi connectivity index (χ2v) is 4.70. The van der Waals surface area contributed by atoms with Gasteiger partial charge in [-0.05, 0) is 19.3 Å². The van der Waals surface area contributed by atoms with Gasteiger partial charge in [0.05, 0.1) is 0 Å². The fraction of sp³-hybridized carbons (Fsp3) is 0.800. The van der Waals surface area contributed by atoms with Crippen molar-refractivity contribution in [1.29, 1.82) is 0 Å². The molecule has 1 aliphatic heterocycles. The highest BCUT2D eigenvalue weighted by Gasteiger charge is 2.59. The third-order valence-electron chi connectivity index (χ3n) is 3.83. The van der Waals surface area contributed by atoms with Gasteiger partial charge in [0, 0.05) is 12.0 Å². The zero-order chi connectivity index (χ0) is 12.8. The average molecular weight is 251 g/mol. The first-order chi connectivity index (χ1) is 7.78. The van der Waals surface area contributed by atoms with E-state index in [9.17, 15) is 22.8 Å². The van der Waals surface area contributed by atoms with Gasteiger partial charge in [-0.1, -0.05) is 6.42 Å². The second kappa shape index (κ2) is 3.61. The highest BCUT2D eigenvalue weighted by Crippen LogP contribution is 2.52. The molecule has 1 aliphatic carbocycles. The maximum Gasteiger partial charge on any atom is 0.471 e. The van der Waals surface area contributed by atoms with E-state index < -0.39 is 29.5 Å². The molecule has 17 heavy (non-hydrogen) atoms. The largest absolute Gasteiger partial charge is 0.480 e. The molecule has 0 aromatic heterocycles. The Bertz CT molecular complexity index is 362. The zero-order valence-corrected chi connectivity index (χ0v) is 8.96. The molecule has 2 aliphatic rings. The topological polar surface area (TPSA) is 57.6 Å². The molecule has 1 unspecified atom stereocenters. The van der Waals surface area contributed by atoms with Crippen molar-refractivity contribution in [3.05, 3.63) is 0 Å². The summed E-state index contributed by atoms with van der Waals surface area (Å²) in [5.41, 5.74) is -0.618. The van der Waals surface area contributed by atoms with Crippen LogP contribution in [0.15, 0.2) is 0 Å². The van der Waals surface area contributed by atoms with Crippen LogP contribution >= 0.6 is 0 Å². The smallest absolute Gasteiger partial charge is 0.471 e. The zero-order valence-electron chi connectivity index (χ0n) is 8.96. The molecular weight excluding hydrogens is 239 g/mol. The summed E-state index contributed by atoms with van der Waals surface area (Å²) in [6, 6.07) is -1.31. The Labute approximate surface area is 95.4 Å². The quantitative estimate of drug-likeness (QED) is 0.766. The highest BCUT2D eigenvalue weighted by atomic mass is 19.4. The van der Waals surface area contributed by atoms with E-state index in [2.05, 4.69) is 0 Å². The Balaban J connectivity index is 2.24. The first-order valence-electron chi connectivity index (χ1n) is 5.38. The van der Waals surface area contributed by atoms with Crippen LogP contribution in [0.3, 0.4) is 0 Å². The number of likely N-dealkylation sites (tertiary alicyclic amines) is 1. The van der Waals surface area contributed by atoms with Gasteiger partial charge in [0.15, 0.2) is 0 Å². The molecule has 0 aromatic carbocycles. The predicted octanol–water partition coefficient (Wildman–Crippen LogP) is 1.40. The van der Waals surface area contributed by atoms with Crippen LogP contribution in [-0.2, 0) is 9.59 Å².